The highest BCUT2D eigenvalue weighted by Gasteiger charge is 2.30. The predicted molar refractivity (Wildman–Crippen MR) is 400 cm³/mol. The Morgan fingerprint density at radius 1 is 0.276 bits per heavy atom. The number of ether oxygens (including phenoxy) is 4. The van der Waals surface area contributed by atoms with Crippen LogP contribution >= 0.6 is 15.6 Å². The molecule has 0 aromatic carbocycles. The summed E-state index contributed by atoms with van der Waals surface area (Å²) in [5.74, 6) is -0.551. The van der Waals surface area contributed by atoms with Crippen LogP contribution in [0.5, 0.6) is 0 Å². The number of hydrogen-bond donors (Lipinski definition) is 3. The lowest BCUT2D eigenvalue weighted by Crippen LogP contribution is -2.30. The van der Waals surface area contributed by atoms with E-state index in [1.807, 2.05) is 0 Å². The quantitative estimate of drug-likeness (QED) is 0.0222. The Balaban J connectivity index is 5.22. The van der Waals surface area contributed by atoms with Gasteiger partial charge in [0.1, 0.15) is 19.3 Å². The Bertz CT molecular complexity index is 1890. The molecule has 0 saturated heterocycles. The van der Waals surface area contributed by atoms with Crippen molar-refractivity contribution in [2.24, 2.45) is 11.8 Å². The van der Waals surface area contributed by atoms with Crippen molar-refractivity contribution >= 4 is 39.5 Å². The minimum atomic E-state index is -4.96. The van der Waals surface area contributed by atoms with Crippen molar-refractivity contribution in [3.8, 4) is 0 Å². The third-order valence-corrected chi connectivity index (χ3v) is 20.4. The summed E-state index contributed by atoms with van der Waals surface area (Å²) >= 11 is 0. The minimum absolute atomic E-state index is 0.106. The Kier molecular flexibility index (Phi) is 69.3. The molecule has 0 rings (SSSR count). The van der Waals surface area contributed by atoms with E-state index >= 15 is 0 Å². The van der Waals surface area contributed by atoms with Gasteiger partial charge in [0.15, 0.2) is 12.2 Å². The van der Waals surface area contributed by atoms with Crippen molar-refractivity contribution in [2.45, 2.75) is 432 Å². The molecular formula is C79H154O17P2. The largest absolute Gasteiger partial charge is 0.472 e. The molecular weight excluding hydrogens is 1280 g/mol. The summed E-state index contributed by atoms with van der Waals surface area (Å²) in [4.78, 5) is 72.9. The van der Waals surface area contributed by atoms with Crippen molar-refractivity contribution in [3.63, 3.8) is 0 Å². The molecule has 0 saturated carbocycles. The van der Waals surface area contributed by atoms with Gasteiger partial charge < -0.3 is 33.8 Å². The fraction of sp³-hybridized carbons (Fsp3) is 0.949. The van der Waals surface area contributed by atoms with Gasteiger partial charge in [-0.3, -0.25) is 37.3 Å². The summed E-state index contributed by atoms with van der Waals surface area (Å²) in [5.41, 5.74) is 0. The molecule has 19 heteroatoms. The summed E-state index contributed by atoms with van der Waals surface area (Å²) in [7, 11) is -9.91. The van der Waals surface area contributed by atoms with Crippen molar-refractivity contribution in [3.05, 3.63) is 0 Å². The molecule has 0 aliphatic heterocycles. The average molecular weight is 1440 g/mol. The van der Waals surface area contributed by atoms with Crippen LogP contribution in [0.15, 0.2) is 0 Å². The van der Waals surface area contributed by atoms with E-state index in [0.717, 1.165) is 102 Å². The van der Waals surface area contributed by atoms with E-state index in [4.69, 9.17) is 37.0 Å². The van der Waals surface area contributed by atoms with E-state index in [2.05, 4.69) is 41.5 Å². The fourth-order valence-electron chi connectivity index (χ4n) is 12.2. The maximum atomic E-state index is 13.1. The summed E-state index contributed by atoms with van der Waals surface area (Å²) in [6.45, 7) is 9.63. The van der Waals surface area contributed by atoms with Crippen molar-refractivity contribution < 1.29 is 80.2 Å². The van der Waals surface area contributed by atoms with Crippen LogP contribution in [-0.4, -0.2) is 96.7 Å². The Morgan fingerprint density at radius 3 is 0.694 bits per heavy atom. The third-order valence-electron chi connectivity index (χ3n) is 18.5. The van der Waals surface area contributed by atoms with Crippen molar-refractivity contribution in [1.82, 2.24) is 0 Å². The Hall–Kier alpha value is -1.94. The van der Waals surface area contributed by atoms with Crippen LogP contribution < -0.4 is 0 Å². The Morgan fingerprint density at radius 2 is 0.469 bits per heavy atom. The first-order valence-corrected chi connectivity index (χ1v) is 44.0. The standard InChI is InChI=1S/C79H154O17P2/c1-7-9-11-13-15-17-18-19-20-21-25-28-31-38-44-50-56-62-77(82)90-68-75(95-78(83)63-57-51-45-39-32-29-26-23-22-24-27-30-36-41-47-53-59-71(3)4)70-94-98(87,88)92-66-73(80)65-91-97(85,86)93-69-74(67-89-76(81)61-55-49-43-35-16-14-12-10-8-2)96-79(84)64-58-52-46-40-34-33-37-42-48-54-60-72(5)6/h71-75,80H,7-70H2,1-6H3,(H,85,86)(H,87,88)/t73-,74+,75+/m0/s1. The molecule has 0 radical (unpaired) electrons. The zero-order valence-corrected chi connectivity index (χ0v) is 65.9. The van der Waals surface area contributed by atoms with Gasteiger partial charge in [0.05, 0.1) is 26.4 Å². The van der Waals surface area contributed by atoms with Gasteiger partial charge >= 0.3 is 39.5 Å². The molecule has 5 atom stereocenters. The van der Waals surface area contributed by atoms with Gasteiger partial charge in [-0.05, 0) is 37.5 Å². The number of aliphatic hydroxyl groups excluding tert-OH is 1. The molecule has 2 unspecified atom stereocenters. The highest BCUT2D eigenvalue weighted by Crippen LogP contribution is 2.45. The number of rotatable bonds is 78. The highest BCUT2D eigenvalue weighted by atomic mass is 31.2. The normalized spacial score (nSPS) is 13.9. The summed E-state index contributed by atoms with van der Waals surface area (Å²) in [6, 6.07) is 0. The summed E-state index contributed by atoms with van der Waals surface area (Å²) < 4.78 is 68.6. The molecule has 582 valence electrons. The monoisotopic (exact) mass is 1440 g/mol. The number of phosphoric ester groups is 2. The van der Waals surface area contributed by atoms with Crippen LogP contribution in [0.3, 0.4) is 0 Å². The molecule has 17 nitrogen and oxygen atoms in total. The van der Waals surface area contributed by atoms with Crippen LogP contribution in [0, 0.1) is 11.8 Å². The second-order valence-corrected chi connectivity index (χ2v) is 32.3. The summed E-state index contributed by atoms with van der Waals surface area (Å²) in [6.07, 6.45) is 59.7. The number of hydrogen-bond acceptors (Lipinski definition) is 15. The lowest BCUT2D eigenvalue weighted by Gasteiger charge is -2.21. The van der Waals surface area contributed by atoms with Crippen LogP contribution in [-0.2, 0) is 65.4 Å². The van der Waals surface area contributed by atoms with E-state index in [-0.39, 0.29) is 25.7 Å². The van der Waals surface area contributed by atoms with Crippen LogP contribution in [0.2, 0.25) is 0 Å². The van der Waals surface area contributed by atoms with E-state index in [1.165, 1.54) is 231 Å². The van der Waals surface area contributed by atoms with Gasteiger partial charge in [-0.1, -0.05) is 363 Å². The zero-order valence-electron chi connectivity index (χ0n) is 64.1. The molecule has 0 fully saturated rings. The molecule has 0 heterocycles. The third kappa shape index (κ3) is 72.4. The number of carbonyl (C=O) groups is 4. The average Bonchev–Trinajstić information content (AvgIpc) is 1.54. The SMILES string of the molecule is CCCCCCCCCCCCCCCCCCCC(=O)OC[C@H](COP(=O)(O)OC[C@@H](O)COP(=O)(O)OC[C@@H](COC(=O)CCCCCCCCCCC)OC(=O)CCCCCCCCCCCCC(C)C)OC(=O)CCCCCCCCCCCCCCCCCCC(C)C. The van der Waals surface area contributed by atoms with Gasteiger partial charge in [-0.25, -0.2) is 9.13 Å². The second kappa shape index (κ2) is 70.7. The van der Waals surface area contributed by atoms with Gasteiger partial charge in [0, 0.05) is 25.7 Å². The number of aliphatic hydroxyl groups is 1. The van der Waals surface area contributed by atoms with Gasteiger partial charge in [-0.2, -0.15) is 0 Å². The van der Waals surface area contributed by atoms with Crippen molar-refractivity contribution in [1.29, 1.82) is 0 Å². The Labute approximate surface area is 600 Å². The zero-order chi connectivity index (χ0) is 72.1. The lowest BCUT2D eigenvalue weighted by atomic mass is 10.0. The molecule has 98 heavy (non-hydrogen) atoms. The number of esters is 4. The van der Waals surface area contributed by atoms with Gasteiger partial charge in [0.25, 0.3) is 0 Å². The molecule has 0 amide bonds. The molecule has 0 bridgehead atoms. The first kappa shape index (κ1) is 96.1. The number of unbranched alkanes of at least 4 members (excludes halogenated alkanes) is 48. The van der Waals surface area contributed by atoms with Gasteiger partial charge in [0.2, 0.25) is 0 Å². The molecule has 0 aliphatic rings. The fourth-order valence-corrected chi connectivity index (χ4v) is 13.8. The first-order chi connectivity index (χ1) is 47.4. The van der Waals surface area contributed by atoms with Crippen LogP contribution in [0.4, 0.5) is 0 Å². The molecule has 0 aliphatic carbocycles. The van der Waals surface area contributed by atoms with Crippen LogP contribution in [0.1, 0.15) is 414 Å². The van der Waals surface area contributed by atoms with E-state index in [1.54, 1.807) is 0 Å². The second-order valence-electron chi connectivity index (χ2n) is 29.4. The van der Waals surface area contributed by atoms with E-state index in [0.29, 0.717) is 25.7 Å². The van der Waals surface area contributed by atoms with Crippen molar-refractivity contribution in [2.75, 3.05) is 39.6 Å². The first-order valence-electron chi connectivity index (χ1n) is 41.0. The maximum Gasteiger partial charge on any atom is 0.472 e. The van der Waals surface area contributed by atoms with E-state index in [9.17, 15) is 43.2 Å². The number of phosphoric acid groups is 2. The number of carbonyl (C=O) groups excluding carboxylic acids is 4. The molecule has 0 aromatic rings. The predicted octanol–water partition coefficient (Wildman–Crippen LogP) is 23.5. The molecule has 0 aromatic heterocycles. The van der Waals surface area contributed by atoms with Crippen LogP contribution in [0.25, 0.3) is 0 Å². The van der Waals surface area contributed by atoms with E-state index < -0.39 is 97.5 Å². The molecule has 3 N–H and O–H groups in total. The highest BCUT2D eigenvalue weighted by molar-refractivity contribution is 7.47. The maximum absolute atomic E-state index is 13.1. The topological polar surface area (TPSA) is 237 Å². The molecule has 0 spiro atoms. The smallest absolute Gasteiger partial charge is 0.462 e. The summed E-state index contributed by atoms with van der Waals surface area (Å²) in [5, 5.41) is 10.6. The van der Waals surface area contributed by atoms with Gasteiger partial charge in [-0.15, -0.1) is 0 Å². The minimum Gasteiger partial charge on any atom is -0.462 e. The lowest BCUT2D eigenvalue weighted by molar-refractivity contribution is -0.161.